The van der Waals surface area contributed by atoms with Crippen LogP contribution in [-0.4, -0.2) is 57.0 Å². The SMILES string of the molecule is CCOc1cc([C@H]2C(C(=O)OCCOC(C)C)=C(C)NC3=C2C(=O)C[C@@H](c2ccc(OC)c(OC)c2)C3)cc(Br)c1O. The number of methoxy groups -OCH3 is 2. The first-order valence-electron chi connectivity index (χ1n) is 14.0. The average molecular weight is 645 g/mol. The second-order valence-corrected chi connectivity index (χ2v) is 11.3. The van der Waals surface area contributed by atoms with E-state index in [-0.39, 0.29) is 48.9 Å². The zero-order chi connectivity index (χ0) is 30.6. The van der Waals surface area contributed by atoms with Crippen molar-refractivity contribution in [3.8, 4) is 23.0 Å². The maximum atomic E-state index is 14.0. The molecule has 1 aliphatic carbocycles. The standard InChI is InChI=1S/C32H38BrNO8/c1-7-40-27-16-21(12-22(33)31(27)36)29-28(32(37)42-11-10-41-17(2)3)18(4)34-23-13-20(14-24(35)30(23)29)19-8-9-25(38-5)26(15-19)39-6/h8-9,12,15-17,20,29,34,36H,7,10-11,13-14H2,1-6H3/t20-,29-/m0/s1. The first kappa shape index (κ1) is 31.4. The Labute approximate surface area is 254 Å². The fourth-order valence-electron chi connectivity index (χ4n) is 5.51. The van der Waals surface area contributed by atoms with E-state index in [4.69, 9.17) is 23.7 Å². The first-order valence-corrected chi connectivity index (χ1v) is 14.8. The first-order chi connectivity index (χ1) is 20.1. The lowest BCUT2D eigenvalue weighted by Crippen LogP contribution is -2.36. The van der Waals surface area contributed by atoms with Crippen LogP contribution in [0.3, 0.4) is 0 Å². The second kappa shape index (κ2) is 13.6. The van der Waals surface area contributed by atoms with Crippen LogP contribution in [-0.2, 0) is 19.1 Å². The van der Waals surface area contributed by atoms with Gasteiger partial charge in [-0.25, -0.2) is 4.79 Å². The second-order valence-electron chi connectivity index (χ2n) is 10.5. The highest BCUT2D eigenvalue weighted by molar-refractivity contribution is 9.10. The monoisotopic (exact) mass is 643 g/mol. The van der Waals surface area contributed by atoms with Gasteiger partial charge in [-0.05, 0) is 91.4 Å². The zero-order valence-electron chi connectivity index (χ0n) is 24.8. The molecular weight excluding hydrogens is 606 g/mol. The lowest BCUT2D eigenvalue weighted by Gasteiger charge is -2.37. The lowest BCUT2D eigenvalue weighted by molar-refractivity contribution is -0.141. The van der Waals surface area contributed by atoms with Gasteiger partial charge in [0.1, 0.15) is 6.61 Å². The Morgan fingerprint density at radius 2 is 1.76 bits per heavy atom. The van der Waals surface area contributed by atoms with E-state index >= 15 is 0 Å². The van der Waals surface area contributed by atoms with Crippen molar-refractivity contribution in [1.82, 2.24) is 5.32 Å². The van der Waals surface area contributed by atoms with Crippen LogP contribution in [0.2, 0.25) is 0 Å². The third-order valence-corrected chi connectivity index (χ3v) is 7.98. The number of hydrogen-bond acceptors (Lipinski definition) is 9. The molecule has 0 radical (unpaired) electrons. The minimum absolute atomic E-state index is 0.00581. The number of nitrogens with one attached hydrogen (secondary N) is 1. The molecule has 2 atom stereocenters. The summed E-state index contributed by atoms with van der Waals surface area (Å²) in [6.45, 7) is 8.10. The van der Waals surface area contributed by atoms with Gasteiger partial charge in [0.15, 0.2) is 28.8 Å². The Kier molecular flexibility index (Phi) is 10.2. The molecule has 1 aliphatic heterocycles. The van der Waals surface area contributed by atoms with Crippen molar-refractivity contribution >= 4 is 27.7 Å². The van der Waals surface area contributed by atoms with E-state index in [1.807, 2.05) is 39.0 Å². The van der Waals surface area contributed by atoms with Gasteiger partial charge in [0.05, 0.1) is 43.6 Å². The van der Waals surface area contributed by atoms with Gasteiger partial charge >= 0.3 is 5.97 Å². The van der Waals surface area contributed by atoms with Gasteiger partial charge in [0.2, 0.25) is 0 Å². The van der Waals surface area contributed by atoms with Crippen LogP contribution in [0.1, 0.15) is 63.5 Å². The molecule has 1 heterocycles. The fourth-order valence-corrected chi connectivity index (χ4v) is 5.97. The van der Waals surface area contributed by atoms with Crippen LogP contribution in [0.25, 0.3) is 0 Å². The van der Waals surface area contributed by atoms with E-state index < -0.39 is 11.9 Å². The van der Waals surface area contributed by atoms with Crippen molar-refractivity contribution < 1.29 is 38.4 Å². The summed E-state index contributed by atoms with van der Waals surface area (Å²) >= 11 is 3.42. The number of carbonyl (C=O) groups excluding carboxylic acids is 2. The van der Waals surface area contributed by atoms with Crippen molar-refractivity contribution in [2.24, 2.45) is 0 Å². The quantitative estimate of drug-likeness (QED) is 0.228. The van der Waals surface area contributed by atoms with Crippen molar-refractivity contribution in [1.29, 1.82) is 0 Å². The Morgan fingerprint density at radius 3 is 2.43 bits per heavy atom. The third kappa shape index (κ3) is 6.60. The Bertz CT molecular complexity index is 1410. The van der Waals surface area contributed by atoms with E-state index in [1.165, 1.54) is 0 Å². The number of carbonyl (C=O) groups is 2. The number of allylic oxidation sites excluding steroid dienone is 3. The molecule has 2 aliphatic rings. The zero-order valence-corrected chi connectivity index (χ0v) is 26.4. The normalized spacial score (nSPS) is 18.5. The molecule has 226 valence electrons. The highest BCUT2D eigenvalue weighted by Gasteiger charge is 2.42. The lowest BCUT2D eigenvalue weighted by atomic mass is 9.71. The van der Waals surface area contributed by atoms with Crippen molar-refractivity contribution in [2.75, 3.05) is 34.0 Å². The number of rotatable bonds is 11. The highest BCUT2D eigenvalue weighted by Crippen LogP contribution is 2.48. The summed E-state index contributed by atoms with van der Waals surface area (Å²) in [5, 5.41) is 14.0. The molecule has 4 rings (SSSR count). The van der Waals surface area contributed by atoms with E-state index in [9.17, 15) is 14.7 Å². The number of Topliss-reactive ketones (excluding diaryl/α,β-unsaturated/α-hetero) is 1. The molecule has 0 saturated carbocycles. The molecule has 0 bridgehead atoms. The summed E-state index contributed by atoms with van der Waals surface area (Å²) in [6.07, 6.45) is 0.798. The Morgan fingerprint density at radius 1 is 1.05 bits per heavy atom. The van der Waals surface area contributed by atoms with Crippen molar-refractivity contribution in [2.45, 2.75) is 58.5 Å². The Hall–Kier alpha value is -3.50. The number of phenols is 1. The van der Waals surface area contributed by atoms with Crippen LogP contribution >= 0.6 is 15.9 Å². The minimum Gasteiger partial charge on any atom is -0.503 e. The van der Waals surface area contributed by atoms with Crippen LogP contribution in [0, 0.1) is 0 Å². The molecule has 10 heteroatoms. The number of halogens is 1. The number of ether oxygens (including phenoxy) is 5. The molecule has 2 N–H and O–H groups in total. The molecule has 2 aromatic rings. The van der Waals surface area contributed by atoms with Crippen LogP contribution in [0.4, 0.5) is 0 Å². The summed E-state index contributed by atoms with van der Waals surface area (Å²) in [5.41, 5.74) is 3.75. The van der Waals surface area contributed by atoms with E-state index in [0.717, 1.165) is 11.3 Å². The van der Waals surface area contributed by atoms with Crippen molar-refractivity contribution in [3.05, 3.63) is 68.5 Å². The fraction of sp³-hybridized carbons (Fsp3) is 0.438. The number of dihydropyridines is 1. The molecule has 0 saturated heterocycles. The molecule has 0 aromatic heterocycles. The number of benzene rings is 2. The molecular formula is C32H38BrNO8. The summed E-state index contributed by atoms with van der Waals surface area (Å²) in [5.74, 6) is -0.0522. The van der Waals surface area contributed by atoms with Gasteiger partial charge in [0.25, 0.3) is 0 Å². The van der Waals surface area contributed by atoms with Crippen molar-refractivity contribution in [3.63, 3.8) is 0 Å². The summed E-state index contributed by atoms with van der Waals surface area (Å²) in [6, 6.07) is 9.08. The molecule has 0 amide bonds. The largest absolute Gasteiger partial charge is 0.503 e. The predicted octanol–water partition coefficient (Wildman–Crippen LogP) is 5.90. The summed E-state index contributed by atoms with van der Waals surface area (Å²) < 4.78 is 28.1. The number of phenolic OH excluding ortho intramolecular Hbond substituents is 1. The maximum absolute atomic E-state index is 14.0. The van der Waals surface area contributed by atoms with Gasteiger partial charge in [-0.15, -0.1) is 0 Å². The Balaban J connectivity index is 1.77. The molecule has 42 heavy (non-hydrogen) atoms. The number of hydrogen-bond donors (Lipinski definition) is 2. The number of ketones is 1. The van der Waals surface area contributed by atoms with Gasteiger partial charge in [-0.2, -0.15) is 0 Å². The van der Waals surface area contributed by atoms with E-state index in [0.29, 0.717) is 51.4 Å². The molecule has 0 fully saturated rings. The van der Waals surface area contributed by atoms with Gasteiger partial charge in [0, 0.05) is 29.3 Å². The third-order valence-electron chi connectivity index (χ3n) is 7.38. The predicted molar refractivity (Wildman–Crippen MR) is 161 cm³/mol. The van der Waals surface area contributed by atoms with Crippen LogP contribution in [0.5, 0.6) is 23.0 Å². The van der Waals surface area contributed by atoms with E-state index in [2.05, 4.69) is 21.2 Å². The van der Waals surface area contributed by atoms with Gasteiger partial charge in [-0.1, -0.05) is 6.07 Å². The van der Waals surface area contributed by atoms with E-state index in [1.54, 1.807) is 33.3 Å². The van der Waals surface area contributed by atoms with Crippen LogP contribution < -0.4 is 19.5 Å². The van der Waals surface area contributed by atoms with Gasteiger partial charge < -0.3 is 34.1 Å². The molecule has 0 unspecified atom stereocenters. The smallest absolute Gasteiger partial charge is 0.336 e. The summed E-state index contributed by atoms with van der Waals surface area (Å²) in [7, 11) is 3.16. The highest BCUT2D eigenvalue weighted by atomic mass is 79.9. The average Bonchev–Trinajstić information content (AvgIpc) is 2.96. The molecule has 0 spiro atoms. The van der Waals surface area contributed by atoms with Gasteiger partial charge in [-0.3, -0.25) is 4.79 Å². The minimum atomic E-state index is -0.727. The van der Waals surface area contributed by atoms with Crippen LogP contribution in [0.15, 0.2) is 57.3 Å². The molecule has 9 nitrogen and oxygen atoms in total. The topological polar surface area (TPSA) is 113 Å². The number of esters is 1. The summed E-state index contributed by atoms with van der Waals surface area (Å²) in [4.78, 5) is 27.6. The maximum Gasteiger partial charge on any atom is 0.336 e. The molecule has 2 aromatic carbocycles. The number of aromatic hydroxyl groups is 1.